The molecular formula is C22H28N2O3. The van der Waals surface area contributed by atoms with E-state index in [0.29, 0.717) is 24.5 Å². The van der Waals surface area contributed by atoms with Gasteiger partial charge < -0.3 is 19.5 Å². The Hall–Kier alpha value is -2.53. The molecule has 0 spiro atoms. The van der Waals surface area contributed by atoms with Crippen LogP contribution in [0.15, 0.2) is 45.8 Å². The smallest absolute Gasteiger partial charge is 0.258 e. The predicted molar refractivity (Wildman–Crippen MR) is 109 cm³/mol. The van der Waals surface area contributed by atoms with Crippen molar-refractivity contribution in [3.63, 3.8) is 0 Å². The largest absolute Gasteiger partial charge is 0.491 e. The van der Waals surface area contributed by atoms with Gasteiger partial charge in [-0.2, -0.15) is 0 Å². The summed E-state index contributed by atoms with van der Waals surface area (Å²) in [5.74, 6) is 1.81. The van der Waals surface area contributed by atoms with Crippen LogP contribution < -0.4 is 16.0 Å². The van der Waals surface area contributed by atoms with Gasteiger partial charge in [0.15, 0.2) is 0 Å². The van der Waals surface area contributed by atoms with Crippen molar-refractivity contribution in [2.75, 3.05) is 6.61 Å². The maximum atomic E-state index is 13.2. The molecular weight excluding hydrogens is 340 g/mol. The van der Waals surface area contributed by atoms with E-state index in [-0.39, 0.29) is 12.1 Å². The number of furan rings is 1. The Labute approximate surface area is 159 Å². The average molecular weight is 368 g/mol. The highest BCUT2D eigenvalue weighted by Crippen LogP contribution is 2.32. The number of ether oxygens (including phenoxy) is 1. The molecule has 2 aromatic heterocycles. The predicted octanol–water partition coefficient (Wildman–Crippen LogP) is 4.56. The molecule has 0 atom stereocenters. The summed E-state index contributed by atoms with van der Waals surface area (Å²) in [6, 6.07) is 9.50. The van der Waals surface area contributed by atoms with Crippen molar-refractivity contribution in [3.05, 3.63) is 52.6 Å². The third-order valence-electron chi connectivity index (χ3n) is 4.62. The van der Waals surface area contributed by atoms with E-state index in [9.17, 15) is 4.79 Å². The standard InChI is InChI=1S/C22H28N2O3/c1-4-5-10-27-21-18-12-16(20-7-6-11-26-20)8-9-17(18)22(25)24(14-15(2)3)19(21)13-23/h6-9,11-12,15H,4-5,10,13-14,23H2,1-3H3. The molecule has 0 amide bonds. The fraction of sp³-hybridized carbons (Fsp3) is 0.409. The summed E-state index contributed by atoms with van der Waals surface area (Å²) in [6.07, 6.45) is 3.63. The van der Waals surface area contributed by atoms with Gasteiger partial charge in [0.2, 0.25) is 0 Å². The molecule has 5 heteroatoms. The maximum absolute atomic E-state index is 13.2. The van der Waals surface area contributed by atoms with Gasteiger partial charge in [0.05, 0.1) is 24.0 Å². The van der Waals surface area contributed by atoms with Crippen LogP contribution in [0.1, 0.15) is 39.3 Å². The molecule has 0 unspecified atom stereocenters. The first-order valence-electron chi connectivity index (χ1n) is 9.63. The van der Waals surface area contributed by atoms with Crippen LogP contribution in [0.2, 0.25) is 0 Å². The van der Waals surface area contributed by atoms with E-state index in [1.807, 2.05) is 30.3 Å². The van der Waals surface area contributed by atoms with E-state index in [2.05, 4.69) is 20.8 Å². The van der Waals surface area contributed by atoms with Gasteiger partial charge in [-0.05, 0) is 36.6 Å². The molecule has 0 radical (unpaired) electrons. The highest BCUT2D eigenvalue weighted by atomic mass is 16.5. The maximum Gasteiger partial charge on any atom is 0.258 e. The molecule has 0 fully saturated rings. The highest BCUT2D eigenvalue weighted by Gasteiger charge is 2.19. The van der Waals surface area contributed by atoms with E-state index in [1.54, 1.807) is 10.8 Å². The van der Waals surface area contributed by atoms with Crippen molar-refractivity contribution in [2.45, 2.75) is 46.7 Å². The summed E-state index contributed by atoms with van der Waals surface area (Å²) < 4.78 is 13.5. The zero-order valence-corrected chi connectivity index (χ0v) is 16.3. The molecule has 144 valence electrons. The first-order valence-corrected chi connectivity index (χ1v) is 9.63. The summed E-state index contributed by atoms with van der Waals surface area (Å²) in [6.45, 7) is 7.78. The van der Waals surface area contributed by atoms with Gasteiger partial charge >= 0.3 is 0 Å². The van der Waals surface area contributed by atoms with Crippen LogP contribution >= 0.6 is 0 Å². The van der Waals surface area contributed by atoms with Gasteiger partial charge in [-0.15, -0.1) is 0 Å². The van der Waals surface area contributed by atoms with Crippen LogP contribution in [-0.4, -0.2) is 11.2 Å². The number of unbranched alkanes of at least 4 members (excludes halogenated alkanes) is 1. The summed E-state index contributed by atoms with van der Waals surface area (Å²) >= 11 is 0. The second-order valence-electron chi connectivity index (χ2n) is 7.23. The molecule has 3 rings (SSSR count). The van der Waals surface area contributed by atoms with Crippen molar-refractivity contribution in [1.82, 2.24) is 4.57 Å². The van der Waals surface area contributed by atoms with Gasteiger partial charge in [-0.3, -0.25) is 4.79 Å². The Balaban J connectivity index is 2.25. The van der Waals surface area contributed by atoms with Crippen LogP contribution in [0.5, 0.6) is 5.75 Å². The molecule has 0 aliphatic heterocycles. The molecule has 2 N–H and O–H groups in total. The third kappa shape index (κ3) is 3.93. The summed E-state index contributed by atoms with van der Waals surface area (Å²) in [7, 11) is 0. The van der Waals surface area contributed by atoms with Gasteiger partial charge in [-0.1, -0.05) is 33.3 Å². The summed E-state index contributed by atoms with van der Waals surface area (Å²) in [5, 5.41) is 1.44. The minimum absolute atomic E-state index is 0.0204. The van der Waals surface area contributed by atoms with Gasteiger partial charge in [0.25, 0.3) is 5.56 Å². The fourth-order valence-electron chi connectivity index (χ4n) is 3.30. The SMILES string of the molecule is CCCCOc1c(CN)n(CC(C)C)c(=O)c2ccc(-c3ccco3)cc12. The number of hydrogen-bond acceptors (Lipinski definition) is 4. The zero-order chi connectivity index (χ0) is 19.4. The van der Waals surface area contributed by atoms with E-state index >= 15 is 0 Å². The van der Waals surface area contributed by atoms with Crippen molar-refractivity contribution < 1.29 is 9.15 Å². The molecule has 0 aliphatic carbocycles. The number of hydrogen-bond donors (Lipinski definition) is 1. The summed E-state index contributed by atoms with van der Waals surface area (Å²) in [5.41, 5.74) is 7.72. The topological polar surface area (TPSA) is 70.4 Å². The molecule has 5 nitrogen and oxygen atoms in total. The molecule has 27 heavy (non-hydrogen) atoms. The van der Waals surface area contributed by atoms with Crippen LogP contribution in [0, 0.1) is 5.92 Å². The van der Waals surface area contributed by atoms with Crippen LogP contribution in [0.4, 0.5) is 0 Å². The Morgan fingerprint density at radius 2 is 2.04 bits per heavy atom. The van der Waals surface area contributed by atoms with Crippen molar-refractivity contribution in [2.24, 2.45) is 11.7 Å². The highest BCUT2D eigenvalue weighted by molar-refractivity contribution is 5.91. The average Bonchev–Trinajstić information content (AvgIpc) is 3.19. The molecule has 3 aromatic rings. The van der Waals surface area contributed by atoms with E-state index < -0.39 is 0 Å². The van der Waals surface area contributed by atoms with Gasteiger partial charge in [-0.25, -0.2) is 0 Å². The van der Waals surface area contributed by atoms with Crippen molar-refractivity contribution in [3.8, 4) is 17.1 Å². The first-order chi connectivity index (χ1) is 13.1. The minimum Gasteiger partial charge on any atom is -0.491 e. The Morgan fingerprint density at radius 1 is 1.22 bits per heavy atom. The molecule has 0 aliphatic rings. The van der Waals surface area contributed by atoms with Gasteiger partial charge in [0.1, 0.15) is 11.5 Å². The second kappa shape index (κ2) is 8.44. The fourth-order valence-corrected chi connectivity index (χ4v) is 3.30. The lowest BCUT2D eigenvalue weighted by atomic mass is 10.0. The molecule has 2 heterocycles. The number of rotatable bonds is 8. The van der Waals surface area contributed by atoms with Crippen molar-refractivity contribution >= 4 is 10.8 Å². The molecule has 0 saturated heterocycles. The number of nitrogens with two attached hydrogens (primary N) is 1. The Kier molecular flexibility index (Phi) is 6.01. The normalized spacial score (nSPS) is 11.4. The molecule has 0 bridgehead atoms. The molecule has 0 saturated carbocycles. The van der Waals surface area contributed by atoms with Crippen molar-refractivity contribution in [1.29, 1.82) is 0 Å². The quantitative estimate of drug-likeness (QED) is 0.592. The van der Waals surface area contributed by atoms with E-state index in [1.165, 1.54) is 0 Å². The minimum atomic E-state index is -0.0204. The Bertz CT molecular complexity index is 956. The Morgan fingerprint density at radius 3 is 2.67 bits per heavy atom. The zero-order valence-electron chi connectivity index (χ0n) is 16.3. The lowest BCUT2D eigenvalue weighted by Gasteiger charge is -2.20. The third-order valence-corrected chi connectivity index (χ3v) is 4.62. The first kappa shape index (κ1) is 19.2. The lowest BCUT2D eigenvalue weighted by Crippen LogP contribution is -2.28. The van der Waals surface area contributed by atoms with E-state index in [4.69, 9.17) is 14.9 Å². The van der Waals surface area contributed by atoms with Gasteiger partial charge in [0, 0.05) is 24.0 Å². The lowest BCUT2D eigenvalue weighted by molar-refractivity contribution is 0.304. The van der Waals surface area contributed by atoms with E-state index in [0.717, 1.165) is 41.0 Å². The van der Waals surface area contributed by atoms with Crippen LogP contribution in [0.3, 0.4) is 0 Å². The number of fused-ring (bicyclic) bond motifs is 1. The van der Waals surface area contributed by atoms with Crippen LogP contribution in [-0.2, 0) is 13.1 Å². The summed E-state index contributed by atoms with van der Waals surface area (Å²) in [4.78, 5) is 13.2. The monoisotopic (exact) mass is 368 g/mol. The number of pyridine rings is 1. The second-order valence-corrected chi connectivity index (χ2v) is 7.23. The molecule has 1 aromatic carbocycles. The van der Waals surface area contributed by atoms with Crippen LogP contribution in [0.25, 0.3) is 22.1 Å². The number of aromatic nitrogens is 1. The number of benzene rings is 1. The number of nitrogens with zero attached hydrogens (tertiary/aromatic N) is 1.